The molecule has 9 heteroatoms. The quantitative estimate of drug-likeness (QED) is 0.743. The third kappa shape index (κ3) is 3.30. The van der Waals surface area contributed by atoms with Gasteiger partial charge in [-0.15, -0.1) is 0 Å². The number of carbonyl (C=O) groups is 3. The lowest BCUT2D eigenvalue weighted by Crippen LogP contribution is -2.60. The van der Waals surface area contributed by atoms with Gasteiger partial charge in [0.1, 0.15) is 24.0 Å². The predicted octanol–water partition coefficient (Wildman–Crippen LogP) is 2.48. The molecule has 1 saturated heterocycles. The molecule has 0 unspecified atom stereocenters. The number of carbonyl (C=O) groups excluding carboxylic acids is 3. The van der Waals surface area contributed by atoms with E-state index in [1.165, 1.54) is 28.0 Å². The number of imide groups is 1. The summed E-state index contributed by atoms with van der Waals surface area (Å²) in [6.45, 7) is -0.0763. The molecule has 2 aliphatic carbocycles. The Kier molecular flexibility index (Phi) is 4.42. The summed E-state index contributed by atoms with van der Waals surface area (Å²) in [6.07, 6.45) is 4.43. The Labute approximate surface area is 177 Å². The molecule has 31 heavy (non-hydrogen) atoms. The number of nitrogens with two attached hydrogens (primary N) is 1. The normalized spacial score (nSPS) is 27.3. The van der Waals surface area contributed by atoms with E-state index in [-0.39, 0.29) is 41.5 Å². The molecule has 2 saturated carbocycles. The predicted molar refractivity (Wildman–Crippen MR) is 108 cm³/mol. The molecule has 2 aromatic rings. The van der Waals surface area contributed by atoms with Crippen LogP contribution in [0, 0.1) is 11.2 Å². The SMILES string of the molecule is NC(=O)c1cccnc1O[C@H]1CC2(C1)C[C@H](N1C(=O)CN(c3cccc(F)c3)C1=O)C2. The van der Waals surface area contributed by atoms with Crippen molar-refractivity contribution in [3.05, 3.63) is 54.0 Å². The van der Waals surface area contributed by atoms with Crippen LogP contribution in [0.15, 0.2) is 42.6 Å². The van der Waals surface area contributed by atoms with E-state index in [0.717, 1.165) is 12.8 Å². The molecule has 1 aromatic carbocycles. The smallest absolute Gasteiger partial charge is 0.331 e. The number of aromatic nitrogens is 1. The summed E-state index contributed by atoms with van der Waals surface area (Å²) in [5, 5.41) is 0. The van der Waals surface area contributed by atoms with Crippen molar-refractivity contribution in [2.75, 3.05) is 11.4 Å². The van der Waals surface area contributed by atoms with Crippen molar-refractivity contribution in [1.29, 1.82) is 0 Å². The average Bonchev–Trinajstić information content (AvgIpc) is 2.97. The molecule has 2 heterocycles. The molecule has 0 atom stereocenters. The summed E-state index contributed by atoms with van der Waals surface area (Å²) in [5.41, 5.74) is 6.03. The van der Waals surface area contributed by atoms with Gasteiger partial charge in [-0.1, -0.05) is 6.07 Å². The second kappa shape index (κ2) is 7.04. The minimum Gasteiger partial charge on any atom is -0.474 e. The number of benzene rings is 1. The summed E-state index contributed by atoms with van der Waals surface area (Å²) in [7, 11) is 0. The van der Waals surface area contributed by atoms with Gasteiger partial charge < -0.3 is 10.5 Å². The number of ether oxygens (including phenoxy) is 1. The van der Waals surface area contributed by atoms with Crippen LogP contribution in [0.2, 0.25) is 0 Å². The number of nitrogens with zero attached hydrogens (tertiary/aromatic N) is 3. The van der Waals surface area contributed by atoms with Crippen molar-refractivity contribution in [1.82, 2.24) is 9.88 Å². The van der Waals surface area contributed by atoms with Crippen molar-refractivity contribution in [3.8, 4) is 5.88 Å². The second-order valence-corrected chi connectivity index (χ2v) is 8.54. The molecule has 3 fully saturated rings. The number of hydrogen-bond acceptors (Lipinski definition) is 5. The van der Waals surface area contributed by atoms with Gasteiger partial charge in [0.05, 0.1) is 0 Å². The summed E-state index contributed by atoms with van der Waals surface area (Å²) in [5.74, 6) is -1.07. The van der Waals surface area contributed by atoms with Crippen molar-refractivity contribution in [2.45, 2.75) is 37.8 Å². The first-order chi connectivity index (χ1) is 14.8. The van der Waals surface area contributed by atoms with E-state index in [9.17, 15) is 18.8 Å². The van der Waals surface area contributed by atoms with Crippen LogP contribution in [0.1, 0.15) is 36.0 Å². The topological polar surface area (TPSA) is 106 Å². The van der Waals surface area contributed by atoms with E-state index in [1.54, 1.807) is 24.4 Å². The van der Waals surface area contributed by atoms with Gasteiger partial charge in [-0.05, 0) is 61.4 Å². The molecular weight excluding hydrogens is 403 g/mol. The number of anilines is 1. The van der Waals surface area contributed by atoms with Gasteiger partial charge in [0.2, 0.25) is 5.88 Å². The van der Waals surface area contributed by atoms with Crippen LogP contribution in [0.5, 0.6) is 5.88 Å². The maximum Gasteiger partial charge on any atom is 0.331 e. The molecule has 1 aliphatic heterocycles. The lowest BCUT2D eigenvalue weighted by atomic mass is 9.52. The third-order valence-corrected chi connectivity index (χ3v) is 6.46. The number of urea groups is 1. The van der Waals surface area contributed by atoms with E-state index in [0.29, 0.717) is 18.5 Å². The Bertz CT molecular complexity index is 1080. The maximum absolute atomic E-state index is 13.5. The van der Waals surface area contributed by atoms with Crippen LogP contribution < -0.4 is 15.4 Å². The molecular formula is C22H21FN4O4. The largest absolute Gasteiger partial charge is 0.474 e. The highest BCUT2D eigenvalue weighted by Gasteiger charge is 2.58. The van der Waals surface area contributed by atoms with Gasteiger partial charge in [-0.3, -0.25) is 19.4 Å². The fraction of sp³-hybridized carbons (Fsp3) is 0.364. The minimum atomic E-state index is -0.588. The number of halogens is 1. The van der Waals surface area contributed by atoms with Crippen LogP contribution in [-0.4, -0.2) is 46.4 Å². The van der Waals surface area contributed by atoms with Gasteiger partial charge >= 0.3 is 6.03 Å². The lowest BCUT2D eigenvalue weighted by molar-refractivity contribution is -0.138. The molecule has 1 aromatic heterocycles. The standard InChI is InChI=1S/C22H21FN4O4/c23-13-3-1-4-14(7-13)26-12-18(28)27(21(26)30)15-8-22(9-15)10-16(11-22)31-20-17(19(24)29)5-2-6-25-20/h1-7,15-16H,8-12H2,(H2,24,29)/t15-,16-,22?. The monoisotopic (exact) mass is 424 g/mol. The van der Waals surface area contributed by atoms with Crippen LogP contribution in [0.3, 0.4) is 0 Å². The van der Waals surface area contributed by atoms with Crippen molar-refractivity contribution < 1.29 is 23.5 Å². The van der Waals surface area contributed by atoms with Gasteiger partial charge in [0.25, 0.3) is 11.8 Å². The maximum atomic E-state index is 13.5. The summed E-state index contributed by atoms with van der Waals surface area (Å²) >= 11 is 0. The Morgan fingerprint density at radius 1 is 1.16 bits per heavy atom. The average molecular weight is 424 g/mol. The highest BCUT2D eigenvalue weighted by Crippen LogP contribution is 2.58. The van der Waals surface area contributed by atoms with Crippen LogP contribution in [0.25, 0.3) is 0 Å². The molecule has 0 radical (unpaired) electrons. The summed E-state index contributed by atoms with van der Waals surface area (Å²) in [6, 6.07) is 8.33. The van der Waals surface area contributed by atoms with Crippen LogP contribution in [0.4, 0.5) is 14.9 Å². The Balaban J connectivity index is 1.19. The first kappa shape index (κ1) is 19.5. The van der Waals surface area contributed by atoms with Gasteiger partial charge in [-0.25, -0.2) is 14.2 Å². The number of rotatable bonds is 5. The van der Waals surface area contributed by atoms with Gasteiger partial charge in [-0.2, -0.15) is 0 Å². The molecule has 3 aliphatic rings. The third-order valence-electron chi connectivity index (χ3n) is 6.46. The first-order valence-corrected chi connectivity index (χ1v) is 10.2. The summed E-state index contributed by atoms with van der Waals surface area (Å²) in [4.78, 5) is 43.6. The number of primary amides is 1. The molecule has 5 rings (SSSR count). The van der Waals surface area contributed by atoms with E-state index < -0.39 is 17.8 Å². The van der Waals surface area contributed by atoms with Crippen LogP contribution in [-0.2, 0) is 4.79 Å². The van der Waals surface area contributed by atoms with E-state index in [1.807, 2.05) is 0 Å². The molecule has 1 spiro atoms. The fourth-order valence-electron chi connectivity index (χ4n) is 5.00. The zero-order valence-corrected chi connectivity index (χ0v) is 16.7. The Hall–Kier alpha value is -3.49. The minimum absolute atomic E-state index is 0.0316. The number of hydrogen-bond donors (Lipinski definition) is 1. The number of pyridine rings is 1. The Morgan fingerprint density at radius 3 is 2.65 bits per heavy atom. The van der Waals surface area contributed by atoms with Crippen molar-refractivity contribution >= 4 is 23.5 Å². The lowest BCUT2D eigenvalue weighted by Gasteiger charge is -2.58. The zero-order valence-electron chi connectivity index (χ0n) is 16.7. The fourth-order valence-corrected chi connectivity index (χ4v) is 5.00. The molecule has 0 bridgehead atoms. The second-order valence-electron chi connectivity index (χ2n) is 8.54. The molecule has 4 amide bonds. The Morgan fingerprint density at radius 2 is 1.94 bits per heavy atom. The highest BCUT2D eigenvalue weighted by atomic mass is 19.1. The van der Waals surface area contributed by atoms with Crippen molar-refractivity contribution in [2.24, 2.45) is 11.1 Å². The summed E-state index contributed by atoms with van der Waals surface area (Å²) < 4.78 is 19.4. The van der Waals surface area contributed by atoms with E-state index in [2.05, 4.69) is 4.98 Å². The van der Waals surface area contributed by atoms with Gasteiger partial charge in [0, 0.05) is 17.9 Å². The van der Waals surface area contributed by atoms with Crippen LogP contribution >= 0.6 is 0 Å². The highest BCUT2D eigenvalue weighted by molar-refractivity contribution is 6.12. The number of amides is 4. The van der Waals surface area contributed by atoms with E-state index >= 15 is 0 Å². The van der Waals surface area contributed by atoms with Gasteiger partial charge in [0.15, 0.2) is 0 Å². The van der Waals surface area contributed by atoms with Crippen molar-refractivity contribution in [3.63, 3.8) is 0 Å². The van der Waals surface area contributed by atoms with E-state index in [4.69, 9.17) is 10.5 Å². The molecule has 8 nitrogen and oxygen atoms in total. The first-order valence-electron chi connectivity index (χ1n) is 10.2. The molecule has 2 N–H and O–H groups in total. The molecule has 160 valence electrons. The zero-order chi connectivity index (χ0) is 21.8.